The Labute approximate surface area is 99.6 Å². The summed E-state index contributed by atoms with van der Waals surface area (Å²) in [7, 11) is 0. The van der Waals surface area contributed by atoms with Crippen molar-refractivity contribution in [1.82, 2.24) is 4.98 Å². The summed E-state index contributed by atoms with van der Waals surface area (Å²) in [6.07, 6.45) is 2.98. The summed E-state index contributed by atoms with van der Waals surface area (Å²) in [4.78, 5) is 5.54. The third kappa shape index (κ3) is 2.90. The van der Waals surface area contributed by atoms with Gasteiger partial charge in [-0.25, -0.2) is 0 Å². The molecule has 1 atom stereocenters. The zero-order chi connectivity index (χ0) is 11.4. The molecule has 0 aliphatic heterocycles. The van der Waals surface area contributed by atoms with Gasteiger partial charge in [0, 0.05) is 11.1 Å². The van der Waals surface area contributed by atoms with Crippen molar-refractivity contribution in [1.29, 1.82) is 0 Å². The molecular formula is C13H15NOS. The third-order valence-corrected chi connectivity index (χ3v) is 3.46. The van der Waals surface area contributed by atoms with Gasteiger partial charge >= 0.3 is 0 Å². The first-order valence-corrected chi connectivity index (χ1v) is 6.26. The van der Waals surface area contributed by atoms with E-state index in [0.717, 1.165) is 24.1 Å². The number of thiophene rings is 1. The van der Waals surface area contributed by atoms with Gasteiger partial charge in [0.25, 0.3) is 0 Å². The molecule has 0 amide bonds. The first kappa shape index (κ1) is 11.3. The lowest BCUT2D eigenvalue weighted by atomic mass is 10.1. The first-order valence-electron chi connectivity index (χ1n) is 5.39. The number of rotatable bonds is 4. The summed E-state index contributed by atoms with van der Waals surface area (Å²) in [6, 6.07) is 8.02. The van der Waals surface area contributed by atoms with Crippen LogP contribution in [0, 0.1) is 6.92 Å². The zero-order valence-corrected chi connectivity index (χ0v) is 10.1. The Kier molecular flexibility index (Phi) is 3.70. The average molecular weight is 233 g/mol. The fraction of sp³-hybridized carbons (Fsp3) is 0.308. The fourth-order valence-corrected chi connectivity index (χ4v) is 2.28. The van der Waals surface area contributed by atoms with Gasteiger partial charge in [-0.15, -0.1) is 11.3 Å². The lowest BCUT2D eigenvalue weighted by Crippen LogP contribution is -2.01. The minimum absolute atomic E-state index is 0.456. The van der Waals surface area contributed by atoms with E-state index >= 15 is 0 Å². The number of aliphatic hydroxyl groups excluding tert-OH is 1. The molecule has 2 nitrogen and oxygen atoms in total. The Bertz CT molecular complexity index is 422. The van der Waals surface area contributed by atoms with E-state index in [0.29, 0.717) is 0 Å². The van der Waals surface area contributed by atoms with Crippen LogP contribution >= 0.6 is 11.3 Å². The highest BCUT2D eigenvalue weighted by Crippen LogP contribution is 2.19. The van der Waals surface area contributed by atoms with Gasteiger partial charge in [0.15, 0.2) is 0 Å². The maximum absolute atomic E-state index is 9.95. The molecule has 0 saturated carbocycles. The number of aryl methyl sites for hydroxylation is 2. The Hall–Kier alpha value is -1.19. The molecule has 2 heterocycles. The second-order valence-electron chi connectivity index (χ2n) is 3.89. The van der Waals surface area contributed by atoms with Gasteiger partial charge in [0.2, 0.25) is 0 Å². The maximum atomic E-state index is 9.95. The maximum Gasteiger partial charge on any atom is 0.0963 e. The monoisotopic (exact) mass is 233 g/mol. The molecule has 0 radical (unpaired) electrons. The highest BCUT2D eigenvalue weighted by atomic mass is 32.1. The normalized spacial score (nSPS) is 12.6. The topological polar surface area (TPSA) is 33.1 Å². The van der Waals surface area contributed by atoms with Crippen LogP contribution < -0.4 is 0 Å². The molecule has 0 aliphatic carbocycles. The molecule has 0 aromatic carbocycles. The molecule has 3 heteroatoms. The van der Waals surface area contributed by atoms with Crippen LogP contribution in [0.5, 0.6) is 0 Å². The molecule has 0 saturated heterocycles. The van der Waals surface area contributed by atoms with Gasteiger partial charge in [-0.05, 0) is 42.8 Å². The number of aromatic nitrogens is 1. The van der Waals surface area contributed by atoms with Crippen LogP contribution in [0.4, 0.5) is 0 Å². The van der Waals surface area contributed by atoms with Crippen molar-refractivity contribution >= 4 is 11.3 Å². The Morgan fingerprint density at radius 3 is 2.88 bits per heavy atom. The van der Waals surface area contributed by atoms with Crippen LogP contribution in [0.3, 0.4) is 0 Å². The van der Waals surface area contributed by atoms with Gasteiger partial charge < -0.3 is 5.11 Å². The summed E-state index contributed by atoms with van der Waals surface area (Å²) in [5, 5.41) is 12.0. The van der Waals surface area contributed by atoms with Crippen LogP contribution in [-0.2, 0) is 6.42 Å². The van der Waals surface area contributed by atoms with Crippen molar-refractivity contribution in [2.45, 2.75) is 25.9 Å². The summed E-state index contributed by atoms with van der Waals surface area (Å²) < 4.78 is 0. The standard InChI is InChI=1S/C13H15NOS/c1-10-4-6-12(14-9-10)13(15)7-5-11-3-2-8-16-11/h2-4,6,8-9,13,15H,5,7H2,1H3. The summed E-state index contributed by atoms with van der Waals surface area (Å²) >= 11 is 1.73. The SMILES string of the molecule is Cc1ccc(C(O)CCc2cccs2)nc1. The largest absolute Gasteiger partial charge is 0.387 e. The van der Waals surface area contributed by atoms with Crippen molar-refractivity contribution < 1.29 is 5.11 Å². The number of pyridine rings is 1. The van der Waals surface area contributed by atoms with E-state index < -0.39 is 6.10 Å². The molecule has 0 fully saturated rings. The van der Waals surface area contributed by atoms with Crippen molar-refractivity contribution in [3.05, 3.63) is 52.0 Å². The smallest absolute Gasteiger partial charge is 0.0963 e. The third-order valence-electron chi connectivity index (χ3n) is 2.52. The lowest BCUT2D eigenvalue weighted by molar-refractivity contribution is 0.163. The molecular weight excluding hydrogens is 218 g/mol. The van der Waals surface area contributed by atoms with Crippen molar-refractivity contribution in [3.8, 4) is 0 Å². The second kappa shape index (κ2) is 5.23. The lowest BCUT2D eigenvalue weighted by Gasteiger charge is -2.09. The van der Waals surface area contributed by atoms with E-state index in [1.54, 1.807) is 17.5 Å². The van der Waals surface area contributed by atoms with Crippen molar-refractivity contribution in [2.75, 3.05) is 0 Å². The first-order chi connectivity index (χ1) is 7.75. The number of hydrogen-bond donors (Lipinski definition) is 1. The van der Waals surface area contributed by atoms with Crippen LogP contribution in [0.25, 0.3) is 0 Å². The van der Waals surface area contributed by atoms with Gasteiger partial charge in [-0.1, -0.05) is 12.1 Å². The Balaban J connectivity index is 1.93. The van der Waals surface area contributed by atoms with Gasteiger partial charge in [0.1, 0.15) is 0 Å². The molecule has 1 unspecified atom stereocenters. The molecule has 0 aliphatic rings. The van der Waals surface area contributed by atoms with E-state index in [9.17, 15) is 5.11 Å². The molecule has 84 valence electrons. The van der Waals surface area contributed by atoms with E-state index in [1.165, 1.54) is 4.88 Å². The van der Waals surface area contributed by atoms with Crippen molar-refractivity contribution in [3.63, 3.8) is 0 Å². The molecule has 0 bridgehead atoms. The van der Waals surface area contributed by atoms with Crippen LogP contribution in [-0.4, -0.2) is 10.1 Å². The summed E-state index contributed by atoms with van der Waals surface area (Å²) in [5.41, 5.74) is 1.89. The molecule has 0 spiro atoms. The van der Waals surface area contributed by atoms with Gasteiger partial charge in [-0.2, -0.15) is 0 Å². The predicted molar refractivity (Wildman–Crippen MR) is 66.6 cm³/mol. The highest BCUT2D eigenvalue weighted by Gasteiger charge is 2.08. The zero-order valence-electron chi connectivity index (χ0n) is 9.26. The summed E-state index contributed by atoms with van der Waals surface area (Å²) in [6.45, 7) is 1.99. The van der Waals surface area contributed by atoms with Crippen molar-refractivity contribution in [2.24, 2.45) is 0 Å². The highest BCUT2D eigenvalue weighted by molar-refractivity contribution is 7.09. The predicted octanol–water partition coefficient (Wildman–Crippen LogP) is 3.12. The Morgan fingerprint density at radius 2 is 2.25 bits per heavy atom. The minimum Gasteiger partial charge on any atom is -0.387 e. The average Bonchev–Trinajstić information content (AvgIpc) is 2.80. The fourth-order valence-electron chi connectivity index (χ4n) is 1.56. The van der Waals surface area contributed by atoms with Crippen LogP contribution in [0.15, 0.2) is 35.8 Å². The molecule has 16 heavy (non-hydrogen) atoms. The quantitative estimate of drug-likeness (QED) is 0.880. The minimum atomic E-state index is -0.456. The van der Waals surface area contributed by atoms with Gasteiger partial charge in [0.05, 0.1) is 11.8 Å². The number of hydrogen-bond acceptors (Lipinski definition) is 3. The molecule has 2 aromatic rings. The molecule has 2 rings (SSSR count). The number of aliphatic hydroxyl groups is 1. The van der Waals surface area contributed by atoms with E-state index in [-0.39, 0.29) is 0 Å². The molecule has 1 N–H and O–H groups in total. The Morgan fingerprint density at radius 1 is 1.38 bits per heavy atom. The molecule has 2 aromatic heterocycles. The van der Waals surface area contributed by atoms with E-state index in [2.05, 4.69) is 16.4 Å². The second-order valence-corrected chi connectivity index (χ2v) is 4.93. The summed E-state index contributed by atoms with van der Waals surface area (Å²) in [5.74, 6) is 0. The van der Waals surface area contributed by atoms with E-state index in [4.69, 9.17) is 0 Å². The number of nitrogens with zero attached hydrogens (tertiary/aromatic N) is 1. The van der Waals surface area contributed by atoms with Crippen LogP contribution in [0.2, 0.25) is 0 Å². The van der Waals surface area contributed by atoms with E-state index in [1.807, 2.05) is 25.1 Å². The van der Waals surface area contributed by atoms with Gasteiger partial charge in [-0.3, -0.25) is 4.98 Å². The van der Waals surface area contributed by atoms with Crippen LogP contribution in [0.1, 0.15) is 28.7 Å².